The number of aromatic nitrogens is 1. The number of nitrogens with zero attached hydrogens (tertiary/aromatic N) is 1. The van der Waals surface area contributed by atoms with Crippen LogP contribution in [0.4, 0.5) is 0 Å². The van der Waals surface area contributed by atoms with E-state index in [1.807, 2.05) is 17.9 Å². The van der Waals surface area contributed by atoms with Crippen LogP contribution in [-0.2, 0) is 12.8 Å². The van der Waals surface area contributed by atoms with Crippen LogP contribution < -0.4 is 10.9 Å². The summed E-state index contributed by atoms with van der Waals surface area (Å²) in [4.78, 5) is 29.7. The quantitative estimate of drug-likeness (QED) is 0.760. The van der Waals surface area contributed by atoms with Gasteiger partial charge in [-0.1, -0.05) is 6.42 Å². The van der Waals surface area contributed by atoms with E-state index in [-0.39, 0.29) is 17.5 Å². The zero-order valence-corrected chi connectivity index (χ0v) is 12.6. The van der Waals surface area contributed by atoms with Crippen LogP contribution in [0.2, 0.25) is 0 Å². The van der Waals surface area contributed by atoms with Crippen LogP contribution in [0.25, 0.3) is 0 Å². The number of carbonyl (C=O) groups excluding carboxylic acids is 1. The Kier molecular flexibility index (Phi) is 4.10. The van der Waals surface area contributed by atoms with E-state index in [4.69, 9.17) is 0 Å². The molecule has 1 aromatic heterocycles. The van der Waals surface area contributed by atoms with Crippen molar-refractivity contribution >= 4 is 5.91 Å². The van der Waals surface area contributed by atoms with E-state index in [9.17, 15) is 9.59 Å². The third-order valence-corrected chi connectivity index (χ3v) is 4.58. The summed E-state index contributed by atoms with van der Waals surface area (Å²) in [6, 6.07) is 1.97. The van der Waals surface area contributed by atoms with Crippen LogP contribution in [0.1, 0.15) is 47.8 Å². The fourth-order valence-electron chi connectivity index (χ4n) is 3.31. The topological polar surface area (TPSA) is 65.2 Å². The lowest BCUT2D eigenvalue weighted by Gasteiger charge is -2.33. The maximum absolute atomic E-state index is 12.7. The number of hydrogen-bond donors (Lipinski definition) is 2. The van der Waals surface area contributed by atoms with Crippen LogP contribution >= 0.6 is 0 Å². The number of aryl methyl sites for hydroxylation is 2. The Morgan fingerprint density at radius 3 is 2.90 bits per heavy atom. The minimum Gasteiger partial charge on any atom is -0.333 e. The third-order valence-electron chi connectivity index (χ3n) is 4.58. The SMILES string of the molecule is C[C@@H]1CNCCN1C(=O)c1cc2c([nH]c1=O)CCCCC2. The van der Waals surface area contributed by atoms with Crippen molar-refractivity contribution < 1.29 is 4.79 Å². The predicted molar refractivity (Wildman–Crippen MR) is 81.7 cm³/mol. The maximum Gasteiger partial charge on any atom is 0.261 e. The molecule has 2 N–H and O–H groups in total. The molecule has 1 amide bonds. The minimum atomic E-state index is -0.230. The van der Waals surface area contributed by atoms with Crippen LogP contribution in [0.5, 0.6) is 0 Å². The third kappa shape index (κ3) is 2.88. The highest BCUT2D eigenvalue weighted by Gasteiger charge is 2.26. The first-order valence-corrected chi connectivity index (χ1v) is 7.93. The van der Waals surface area contributed by atoms with Gasteiger partial charge in [0.25, 0.3) is 11.5 Å². The summed E-state index contributed by atoms with van der Waals surface area (Å²) in [6.07, 6.45) is 5.32. The molecule has 1 aliphatic carbocycles. The molecule has 2 heterocycles. The van der Waals surface area contributed by atoms with Gasteiger partial charge >= 0.3 is 0 Å². The summed E-state index contributed by atoms with van der Waals surface area (Å²) in [5.74, 6) is -0.128. The molecular weight excluding hydrogens is 266 g/mol. The highest BCUT2D eigenvalue weighted by atomic mass is 16.2. The summed E-state index contributed by atoms with van der Waals surface area (Å²) in [7, 11) is 0. The van der Waals surface area contributed by atoms with Gasteiger partial charge in [0.05, 0.1) is 0 Å². The van der Waals surface area contributed by atoms with E-state index in [0.717, 1.165) is 50.0 Å². The molecule has 1 aliphatic heterocycles. The summed E-state index contributed by atoms with van der Waals surface area (Å²) in [5.41, 5.74) is 2.26. The number of H-pyrrole nitrogens is 1. The molecule has 0 spiro atoms. The normalized spacial score (nSPS) is 22.5. The Labute approximate surface area is 124 Å². The molecule has 21 heavy (non-hydrogen) atoms. The van der Waals surface area contributed by atoms with Gasteiger partial charge < -0.3 is 15.2 Å². The van der Waals surface area contributed by atoms with Gasteiger partial charge in [0, 0.05) is 31.4 Å². The number of aromatic amines is 1. The number of hydrogen-bond acceptors (Lipinski definition) is 3. The van der Waals surface area contributed by atoms with Gasteiger partial charge in [0.1, 0.15) is 5.56 Å². The Hall–Kier alpha value is -1.62. The van der Waals surface area contributed by atoms with Crippen molar-refractivity contribution in [2.24, 2.45) is 0 Å². The lowest BCUT2D eigenvalue weighted by molar-refractivity contribution is 0.0653. The van der Waals surface area contributed by atoms with Crippen molar-refractivity contribution in [2.45, 2.75) is 45.1 Å². The van der Waals surface area contributed by atoms with E-state index in [1.54, 1.807) is 0 Å². The largest absolute Gasteiger partial charge is 0.333 e. The molecule has 0 aromatic carbocycles. The van der Waals surface area contributed by atoms with Crippen LogP contribution in [-0.4, -0.2) is 41.5 Å². The van der Waals surface area contributed by atoms with Crippen LogP contribution in [0, 0.1) is 0 Å². The standard InChI is InChI=1S/C16H23N3O2/c1-11-10-17-7-8-19(11)16(21)13-9-12-5-3-2-4-6-14(12)18-15(13)20/h9,11,17H,2-8,10H2,1H3,(H,18,20)/t11-/m1/s1. The van der Waals surface area contributed by atoms with Crippen molar-refractivity contribution in [1.29, 1.82) is 0 Å². The Balaban J connectivity index is 1.92. The van der Waals surface area contributed by atoms with Gasteiger partial charge in [-0.3, -0.25) is 9.59 Å². The molecule has 1 fully saturated rings. The average molecular weight is 289 g/mol. The highest BCUT2D eigenvalue weighted by molar-refractivity contribution is 5.94. The molecule has 2 aliphatic rings. The summed E-state index contributed by atoms with van der Waals surface area (Å²) >= 11 is 0. The highest BCUT2D eigenvalue weighted by Crippen LogP contribution is 2.19. The summed E-state index contributed by atoms with van der Waals surface area (Å²) < 4.78 is 0. The minimum absolute atomic E-state index is 0.128. The Morgan fingerprint density at radius 2 is 2.10 bits per heavy atom. The van der Waals surface area contributed by atoms with Crippen molar-refractivity contribution in [3.63, 3.8) is 0 Å². The lowest BCUT2D eigenvalue weighted by Crippen LogP contribution is -2.53. The number of piperazine rings is 1. The number of amides is 1. The zero-order valence-electron chi connectivity index (χ0n) is 12.6. The molecule has 0 radical (unpaired) electrons. The Morgan fingerprint density at radius 1 is 1.29 bits per heavy atom. The van der Waals surface area contributed by atoms with Crippen LogP contribution in [0.15, 0.2) is 10.9 Å². The predicted octanol–water partition coefficient (Wildman–Crippen LogP) is 1.08. The number of rotatable bonds is 1. The van der Waals surface area contributed by atoms with Crippen LogP contribution in [0.3, 0.4) is 0 Å². The van der Waals surface area contributed by atoms with E-state index in [1.165, 1.54) is 6.42 Å². The number of pyridine rings is 1. The van der Waals surface area contributed by atoms with Crippen molar-refractivity contribution in [2.75, 3.05) is 19.6 Å². The van der Waals surface area contributed by atoms with Gasteiger partial charge in [-0.2, -0.15) is 0 Å². The molecule has 5 nitrogen and oxygen atoms in total. The van der Waals surface area contributed by atoms with Crippen molar-refractivity contribution in [3.05, 3.63) is 33.2 Å². The molecule has 1 atom stereocenters. The van der Waals surface area contributed by atoms with E-state index < -0.39 is 0 Å². The first-order chi connectivity index (χ1) is 10.2. The lowest BCUT2D eigenvalue weighted by atomic mass is 10.0. The summed E-state index contributed by atoms with van der Waals surface area (Å²) in [5, 5.41) is 3.26. The first kappa shape index (κ1) is 14.3. The fraction of sp³-hybridized carbons (Fsp3) is 0.625. The molecule has 1 aromatic rings. The molecule has 1 saturated heterocycles. The number of nitrogens with one attached hydrogen (secondary N) is 2. The monoisotopic (exact) mass is 289 g/mol. The molecule has 0 unspecified atom stereocenters. The van der Waals surface area contributed by atoms with E-state index in [0.29, 0.717) is 12.1 Å². The number of carbonyl (C=O) groups is 1. The van der Waals surface area contributed by atoms with Crippen molar-refractivity contribution in [1.82, 2.24) is 15.2 Å². The van der Waals surface area contributed by atoms with Gasteiger partial charge in [0.15, 0.2) is 0 Å². The number of fused-ring (bicyclic) bond motifs is 1. The fourth-order valence-corrected chi connectivity index (χ4v) is 3.31. The van der Waals surface area contributed by atoms with Gasteiger partial charge in [0.2, 0.25) is 0 Å². The van der Waals surface area contributed by atoms with Crippen molar-refractivity contribution in [3.8, 4) is 0 Å². The van der Waals surface area contributed by atoms with Gasteiger partial charge in [-0.15, -0.1) is 0 Å². The maximum atomic E-state index is 12.7. The van der Waals surface area contributed by atoms with Gasteiger partial charge in [-0.25, -0.2) is 0 Å². The smallest absolute Gasteiger partial charge is 0.261 e. The molecule has 0 saturated carbocycles. The zero-order chi connectivity index (χ0) is 14.8. The Bertz CT molecular complexity index is 594. The molecule has 3 rings (SSSR count). The molecular formula is C16H23N3O2. The van der Waals surface area contributed by atoms with E-state index in [2.05, 4.69) is 10.3 Å². The average Bonchev–Trinajstić information content (AvgIpc) is 2.71. The first-order valence-electron chi connectivity index (χ1n) is 7.93. The summed E-state index contributed by atoms with van der Waals surface area (Å²) in [6.45, 7) is 4.26. The molecule has 114 valence electrons. The molecule has 5 heteroatoms. The second-order valence-corrected chi connectivity index (χ2v) is 6.13. The van der Waals surface area contributed by atoms with Gasteiger partial charge in [-0.05, 0) is 44.2 Å². The second kappa shape index (κ2) is 6.02. The second-order valence-electron chi connectivity index (χ2n) is 6.13. The van der Waals surface area contributed by atoms with E-state index >= 15 is 0 Å². The molecule has 0 bridgehead atoms.